The van der Waals surface area contributed by atoms with Crippen LogP contribution in [0.3, 0.4) is 0 Å². The highest BCUT2D eigenvalue weighted by Gasteiger charge is 2.21. The monoisotopic (exact) mass is 280 g/mol. The molecule has 0 saturated heterocycles. The van der Waals surface area contributed by atoms with Crippen LogP contribution in [-0.4, -0.2) is 16.6 Å². The summed E-state index contributed by atoms with van der Waals surface area (Å²) in [6, 6.07) is 14.0. The van der Waals surface area contributed by atoms with E-state index in [2.05, 4.69) is 21.4 Å². The van der Waals surface area contributed by atoms with E-state index in [0.29, 0.717) is 6.61 Å². The smallest absolute Gasteiger partial charge is 0.201 e. The zero-order valence-corrected chi connectivity index (χ0v) is 11.5. The first-order valence-electron chi connectivity index (χ1n) is 7.03. The third kappa shape index (κ3) is 2.16. The Hall–Kier alpha value is -2.69. The molecule has 2 heterocycles. The maximum atomic E-state index is 5.80. The number of rotatable bonds is 2. The van der Waals surface area contributed by atoms with Crippen LogP contribution < -0.4 is 15.8 Å². The van der Waals surface area contributed by atoms with Gasteiger partial charge in [-0.3, -0.25) is 0 Å². The van der Waals surface area contributed by atoms with Crippen molar-refractivity contribution in [3.05, 3.63) is 48.0 Å². The average molecular weight is 280 g/mol. The number of H-pyrrole nitrogens is 1. The van der Waals surface area contributed by atoms with Crippen LogP contribution in [0.2, 0.25) is 0 Å². The molecule has 1 aliphatic rings. The van der Waals surface area contributed by atoms with Gasteiger partial charge in [0.1, 0.15) is 5.75 Å². The van der Waals surface area contributed by atoms with E-state index < -0.39 is 0 Å². The van der Waals surface area contributed by atoms with Crippen molar-refractivity contribution in [3.8, 4) is 5.75 Å². The van der Waals surface area contributed by atoms with Crippen molar-refractivity contribution < 1.29 is 4.74 Å². The van der Waals surface area contributed by atoms with Crippen LogP contribution in [0.4, 0.5) is 11.6 Å². The van der Waals surface area contributed by atoms with E-state index in [9.17, 15) is 0 Å². The van der Waals surface area contributed by atoms with Crippen LogP contribution in [0.5, 0.6) is 5.75 Å². The summed E-state index contributed by atoms with van der Waals surface area (Å²) in [6.45, 7) is 0.710. The first kappa shape index (κ1) is 12.1. The molecule has 21 heavy (non-hydrogen) atoms. The summed E-state index contributed by atoms with van der Waals surface area (Å²) < 4.78 is 5.68. The van der Waals surface area contributed by atoms with Gasteiger partial charge in [-0.15, -0.1) is 0 Å². The SMILES string of the molecule is Nc1ccc2nc(NC3CCOc4ccccc43)[nH]c2c1. The van der Waals surface area contributed by atoms with Gasteiger partial charge in [0.25, 0.3) is 0 Å². The van der Waals surface area contributed by atoms with Gasteiger partial charge >= 0.3 is 0 Å². The zero-order valence-electron chi connectivity index (χ0n) is 11.5. The zero-order chi connectivity index (χ0) is 14.2. The van der Waals surface area contributed by atoms with E-state index >= 15 is 0 Å². The minimum absolute atomic E-state index is 0.202. The Morgan fingerprint density at radius 1 is 1.24 bits per heavy atom. The molecule has 0 amide bonds. The number of ether oxygens (including phenoxy) is 1. The molecule has 4 rings (SSSR count). The molecule has 1 aromatic heterocycles. The fourth-order valence-electron chi connectivity index (χ4n) is 2.75. The van der Waals surface area contributed by atoms with Gasteiger partial charge in [-0.1, -0.05) is 18.2 Å². The first-order chi connectivity index (χ1) is 10.3. The van der Waals surface area contributed by atoms with Gasteiger partial charge < -0.3 is 20.8 Å². The molecule has 4 N–H and O–H groups in total. The molecule has 1 unspecified atom stereocenters. The van der Waals surface area contributed by atoms with Crippen molar-refractivity contribution in [2.24, 2.45) is 0 Å². The third-order valence-electron chi connectivity index (χ3n) is 3.78. The highest BCUT2D eigenvalue weighted by Crippen LogP contribution is 2.33. The first-order valence-corrected chi connectivity index (χ1v) is 7.03. The van der Waals surface area contributed by atoms with Crippen molar-refractivity contribution in [1.29, 1.82) is 0 Å². The van der Waals surface area contributed by atoms with Crippen molar-refractivity contribution in [2.45, 2.75) is 12.5 Å². The second-order valence-electron chi connectivity index (χ2n) is 5.23. The van der Waals surface area contributed by atoms with E-state index in [0.717, 1.165) is 34.8 Å². The number of hydrogen-bond acceptors (Lipinski definition) is 4. The fourth-order valence-corrected chi connectivity index (χ4v) is 2.75. The van der Waals surface area contributed by atoms with Crippen LogP contribution >= 0.6 is 0 Å². The Kier molecular flexibility index (Phi) is 2.70. The Bertz CT molecular complexity index is 796. The van der Waals surface area contributed by atoms with Crippen molar-refractivity contribution >= 4 is 22.7 Å². The van der Waals surface area contributed by atoms with Gasteiger partial charge in [0, 0.05) is 17.7 Å². The lowest BCUT2D eigenvalue weighted by Crippen LogP contribution is -2.20. The number of imidazole rings is 1. The highest BCUT2D eigenvalue weighted by molar-refractivity contribution is 5.80. The fraction of sp³-hybridized carbons (Fsp3) is 0.188. The van der Waals surface area contributed by atoms with Crippen LogP contribution in [-0.2, 0) is 0 Å². The lowest BCUT2D eigenvalue weighted by molar-refractivity contribution is 0.274. The van der Waals surface area contributed by atoms with Gasteiger partial charge in [-0.25, -0.2) is 4.98 Å². The number of fused-ring (bicyclic) bond motifs is 2. The topological polar surface area (TPSA) is 76.0 Å². The molecule has 3 aromatic rings. The maximum Gasteiger partial charge on any atom is 0.201 e. The number of nitrogen functional groups attached to an aromatic ring is 1. The van der Waals surface area contributed by atoms with Crippen LogP contribution in [0.1, 0.15) is 18.0 Å². The number of benzene rings is 2. The Morgan fingerprint density at radius 3 is 3.10 bits per heavy atom. The molecule has 0 saturated carbocycles. The normalized spacial score (nSPS) is 17.2. The predicted octanol–water partition coefficient (Wildman–Crippen LogP) is 3.08. The lowest BCUT2D eigenvalue weighted by atomic mass is 10.0. The number of aromatic amines is 1. The quantitative estimate of drug-likeness (QED) is 0.630. The molecule has 1 aliphatic heterocycles. The summed E-state index contributed by atoms with van der Waals surface area (Å²) in [6.07, 6.45) is 0.913. The van der Waals surface area contributed by atoms with E-state index in [4.69, 9.17) is 10.5 Å². The second kappa shape index (κ2) is 4.70. The van der Waals surface area contributed by atoms with Gasteiger partial charge in [0.15, 0.2) is 0 Å². The second-order valence-corrected chi connectivity index (χ2v) is 5.23. The molecule has 5 heteroatoms. The Morgan fingerprint density at radius 2 is 2.14 bits per heavy atom. The molecule has 0 bridgehead atoms. The maximum absolute atomic E-state index is 5.80. The molecule has 5 nitrogen and oxygen atoms in total. The molecule has 106 valence electrons. The van der Waals surface area contributed by atoms with Crippen LogP contribution in [0.25, 0.3) is 11.0 Å². The molecular weight excluding hydrogens is 264 g/mol. The number of para-hydroxylation sites is 1. The summed E-state index contributed by atoms with van der Waals surface area (Å²) in [7, 11) is 0. The number of anilines is 2. The Labute approximate surface area is 122 Å². The van der Waals surface area contributed by atoms with Gasteiger partial charge in [-0.2, -0.15) is 0 Å². The minimum atomic E-state index is 0.202. The van der Waals surface area contributed by atoms with E-state index in [1.807, 2.05) is 36.4 Å². The largest absolute Gasteiger partial charge is 0.493 e. The van der Waals surface area contributed by atoms with Crippen molar-refractivity contribution in [1.82, 2.24) is 9.97 Å². The van der Waals surface area contributed by atoms with Gasteiger partial charge in [0.05, 0.1) is 23.7 Å². The van der Waals surface area contributed by atoms with E-state index in [-0.39, 0.29) is 6.04 Å². The standard InChI is InChI=1S/C16H16N4O/c17-10-5-6-13-14(9-10)20-16(19-13)18-12-7-8-21-15-4-2-1-3-11(12)15/h1-6,9,12H,7-8,17H2,(H2,18,19,20). The third-order valence-corrected chi connectivity index (χ3v) is 3.78. The average Bonchev–Trinajstić information content (AvgIpc) is 2.89. The molecule has 0 radical (unpaired) electrons. The number of nitrogens with two attached hydrogens (primary N) is 1. The van der Waals surface area contributed by atoms with Crippen LogP contribution in [0, 0.1) is 0 Å². The summed E-state index contributed by atoms with van der Waals surface area (Å²) in [5.74, 6) is 1.71. The number of nitrogens with one attached hydrogen (secondary N) is 2. The highest BCUT2D eigenvalue weighted by atomic mass is 16.5. The lowest BCUT2D eigenvalue weighted by Gasteiger charge is -2.26. The molecule has 0 aliphatic carbocycles. The molecule has 2 aromatic carbocycles. The van der Waals surface area contributed by atoms with Gasteiger partial charge in [-0.05, 0) is 24.3 Å². The molecular formula is C16H16N4O. The molecule has 1 atom stereocenters. The minimum Gasteiger partial charge on any atom is -0.493 e. The summed E-state index contributed by atoms with van der Waals surface area (Å²) >= 11 is 0. The molecule has 0 fully saturated rings. The van der Waals surface area contributed by atoms with Crippen molar-refractivity contribution in [2.75, 3.05) is 17.7 Å². The number of hydrogen-bond donors (Lipinski definition) is 3. The van der Waals surface area contributed by atoms with Gasteiger partial charge in [0.2, 0.25) is 5.95 Å². The number of aromatic nitrogens is 2. The molecule has 0 spiro atoms. The van der Waals surface area contributed by atoms with Crippen molar-refractivity contribution in [3.63, 3.8) is 0 Å². The predicted molar refractivity (Wildman–Crippen MR) is 83.4 cm³/mol. The summed E-state index contributed by atoms with van der Waals surface area (Å²) in [5, 5.41) is 3.46. The van der Waals surface area contributed by atoms with E-state index in [1.165, 1.54) is 5.56 Å². The summed E-state index contributed by atoms with van der Waals surface area (Å²) in [5.41, 5.74) is 9.55. The van der Waals surface area contributed by atoms with E-state index in [1.54, 1.807) is 0 Å². The summed E-state index contributed by atoms with van der Waals surface area (Å²) in [4.78, 5) is 7.83. The van der Waals surface area contributed by atoms with Crippen LogP contribution in [0.15, 0.2) is 42.5 Å². The Balaban J connectivity index is 1.66. The number of nitrogens with zero attached hydrogens (tertiary/aromatic N) is 1.